The lowest BCUT2D eigenvalue weighted by molar-refractivity contribution is -0.0393. The molecule has 2 fully saturated rings. The minimum absolute atomic E-state index is 0.0584. The number of piperidine rings is 1. The van der Waals surface area contributed by atoms with Crippen LogP contribution >= 0.6 is 0 Å². The smallest absolute Gasteiger partial charge is 0.263 e. The van der Waals surface area contributed by atoms with Crippen LogP contribution in [0.3, 0.4) is 0 Å². The summed E-state index contributed by atoms with van der Waals surface area (Å²) in [5, 5.41) is 8.11. The second-order valence-electron chi connectivity index (χ2n) is 10.3. The molecule has 2 saturated heterocycles. The van der Waals surface area contributed by atoms with Gasteiger partial charge in [0.25, 0.3) is 5.56 Å². The van der Waals surface area contributed by atoms with Crippen molar-refractivity contribution in [1.82, 2.24) is 20.2 Å². The number of fused-ring (bicyclic) bond motifs is 2. The van der Waals surface area contributed by atoms with Crippen LogP contribution in [0.25, 0.3) is 11.0 Å². The Bertz CT molecular complexity index is 1460. The van der Waals surface area contributed by atoms with Gasteiger partial charge >= 0.3 is 0 Å². The van der Waals surface area contributed by atoms with Crippen LogP contribution in [0.2, 0.25) is 0 Å². The SMILES string of the molecule is N[C@@H]1c2ccccc2CC12CCN(c1nc3n[nH]c(C4(c5ccccc5)COC4)c3c(=O)[nH]1)CC2. The fourth-order valence-corrected chi connectivity index (χ4v) is 6.40. The summed E-state index contributed by atoms with van der Waals surface area (Å²) in [7, 11) is 0. The van der Waals surface area contributed by atoms with Gasteiger partial charge in [0.1, 0.15) is 5.39 Å². The summed E-state index contributed by atoms with van der Waals surface area (Å²) >= 11 is 0. The van der Waals surface area contributed by atoms with E-state index in [4.69, 9.17) is 15.5 Å². The van der Waals surface area contributed by atoms with Crippen molar-refractivity contribution in [3.05, 3.63) is 87.3 Å². The first kappa shape index (κ1) is 20.8. The highest BCUT2D eigenvalue weighted by atomic mass is 16.5. The van der Waals surface area contributed by atoms with E-state index < -0.39 is 5.41 Å². The third-order valence-electron chi connectivity index (χ3n) is 8.56. The van der Waals surface area contributed by atoms with Crippen LogP contribution in [-0.2, 0) is 16.6 Å². The number of aromatic amines is 2. The van der Waals surface area contributed by atoms with Crippen LogP contribution in [0.5, 0.6) is 0 Å². The summed E-state index contributed by atoms with van der Waals surface area (Å²) in [4.78, 5) is 23.3. The first-order valence-electron chi connectivity index (χ1n) is 12.3. The average molecular weight is 469 g/mol. The molecule has 4 aromatic rings. The highest BCUT2D eigenvalue weighted by Gasteiger charge is 2.47. The lowest BCUT2D eigenvalue weighted by Crippen LogP contribution is -2.48. The molecule has 0 amide bonds. The van der Waals surface area contributed by atoms with Gasteiger partial charge in [-0.25, -0.2) is 0 Å². The summed E-state index contributed by atoms with van der Waals surface area (Å²) < 4.78 is 5.60. The van der Waals surface area contributed by atoms with Crippen LogP contribution in [0.15, 0.2) is 59.4 Å². The van der Waals surface area contributed by atoms with Gasteiger partial charge in [0.15, 0.2) is 5.65 Å². The Morgan fingerprint density at radius 2 is 1.77 bits per heavy atom. The second-order valence-corrected chi connectivity index (χ2v) is 10.3. The van der Waals surface area contributed by atoms with E-state index in [0.29, 0.717) is 30.2 Å². The summed E-state index contributed by atoms with van der Waals surface area (Å²) in [5.74, 6) is 0.582. The Morgan fingerprint density at radius 3 is 2.49 bits per heavy atom. The van der Waals surface area contributed by atoms with Crippen molar-refractivity contribution in [1.29, 1.82) is 0 Å². The van der Waals surface area contributed by atoms with Crippen molar-refractivity contribution in [3.8, 4) is 0 Å². The normalized spacial score (nSPS) is 22.3. The summed E-state index contributed by atoms with van der Waals surface area (Å²) in [6.45, 7) is 2.61. The fraction of sp³-hybridized carbons (Fsp3) is 0.370. The molecule has 1 spiro atoms. The van der Waals surface area contributed by atoms with Crippen molar-refractivity contribution in [3.63, 3.8) is 0 Å². The van der Waals surface area contributed by atoms with Gasteiger partial charge in [0.05, 0.1) is 24.3 Å². The Labute approximate surface area is 202 Å². The predicted octanol–water partition coefficient (Wildman–Crippen LogP) is 2.81. The Hall–Kier alpha value is -3.49. The number of nitrogens with two attached hydrogens (primary N) is 1. The van der Waals surface area contributed by atoms with Crippen LogP contribution < -0.4 is 16.2 Å². The van der Waals surface area contributed by atoms with Crippen LogP contribution in [0.1, 0.15) is 41.3 Å². The van der Waals surface area contributed by atoms with Gasteiger partial charge < -0.3 is 15.4 Å². The lowest BCUT2D eigenvalue weighted by Gasteiger charge is -2.42. The molecule has 178 valence electrons. The number of hydrogen-bond acceptors (Lipinski definition) is 6. The van der Waals surface area contributed by atoms with Gasteiger partial charge in [0.2, 0.25) is 5.95 Å². The van der Waals surface area contributed by atoms with Gasteiger partial charge in [-0.05, 0) is 41.4 Å². The van der Waals surface area contributed by atoms with Crippen molar-refractivity contribution in [2.45, 2.75) is 30.7 Å². The number of benzene rings is 2. The molecule has 3 aliphatic rings. The largest absolute Gasteiger partial charge is 0.379 e. The van der Waals surface area contributed by atoms with Crippen molar-refractivity contribution >= 4 is 17.0 Å². The van der Waals surface area contributed by atoms with Gasteiger partial charge in [-0.1, -0.05) is 54.6 Å². The second kappa shape index (κ2) is 7.50. The van der Waals surface area contributed by atoms with Crippen molar-refractivity contribution < 1.29 is 4.74 Å². The standard InChI is InChI=1S/C27H28N6O2/c28-21-19-9-5-4-6-17(19)14-26(21)10-12-33(13-11-26)25-29-23-20(24(34)30-25)22(31-32-23)27(15-35-16-27)18-7-2-1-3-8-18/h1-9,21H,10-16,28H2,(H2,29,30,31,32,34)/t21-/m1/s1. The maximum Gasteiger partial charge on any atom is 0.263 e. The number of H-pyrrole nitrogens is 2. The van der Waals surface area contributed by atoms with Crippen molar-refractivity contribution in [2.24, 2.45) is 11.1 Å². The van der Waals surface area contributed by atoms with Gasteiger partial charge in [-0.3, -0.25) is 14.9 Å². The van der Waals surface area contributed by atoms with E-state index in [1.54, 1.807) is 0 Å². The summed E-state index contributed by atoms with van der Waals surface area (Å²) in [6.07, 6.45) is 2.95. The third kappa shape index (κ3) is 2.96. The topological polar surface area (TPSA) is 113 Å². The van der Waals surface area contributed by atoms with E-state index in [0.717, 1.165) is 43.6 Å². The molecule has 1 atom stereocenters. The highest BCUT2D eigenvalue weighted by Crippen LogP contribution is 2.50. The number of nitrogens with one attached hydrogen (secondary N) is 2. The first-order chi connectivity index (χ1) is 17.1. The van der Waals surface area contributed by atoms with E-state index in [1.165, 1.54) is 11.1 Å². The number of ether oxygens (including phenoxy) is 1. The zero-order valence-electron chi connectivity index (χ0n) is 19.5. The molecule has 0 radical (unpaired) electrons. The van der Waals surface area contributed by atoms with Gasteiger partial charge in [0, 0.05) is 19.1 Å². The zero-order valence-corrected chi connectivity index (χ0v) is 19.5. The molecule has 0 bridgehead atoms. The van der Waals surface area contributed by atoms with E-state index in [1.807, 2.05) is 18.2 Å². The molecule has 4 heterocycles. The number of rotatable bonds is 3. The Balaban J connectivity index is 1.18. The summed E-state index contributed by atoms with van der Waals surface area (Å²) in [5.41, 5.74) is 11.2. The minimum atomic E-state index is -0.405. The van der Waals surface area contributed by atoms with E-state index in [2.05, 4.69) is 56.5 Å². The minimum Gasteiger partial charge on any atom is -0.379 e. The molecule has 1 aliphatic carbocycles. The lowest BCUT2D eigenvalue weighted by atomic mass is 9.73. The Morgan fingerprint density at radius 1 is 1.03 bits per heavy atom. The molecule has 7 rings (SSSR count). The maximum absolute atomic E-state index is 13.3. The Kier molecular flexibility index (Phi) is 4.47. The van der Waals surface area contributed by atoms with E-state index >= 15 is 0 Å². The molecule has 0 unspecified atom stereocenters. The molecule has 35 heavy (non-hydrogen) atoms. The van der Waals surface area contributed by atoms with E-state index in [-0.39, 0.29) is 17.0 Å². The number of nitrogens with zero attached hydrogens (tertiary/aromatic N) is 3. The van der Waals surface area contributed by atoms with Crippen molar-refractivity contribution in [2.75, 3.05) is 31.2 Å². The van der Waals surface area contributed by atoms with Crippen LogP contribution in [-0.4, -0.2) is 46.5 Å². The van der Waals surface area contributed by atoms with Crippen LogP contribution in [0.4, 0.5) is 5.95 Å². The van der Waals surface area contributed by atoms with Crippen LogP contribution in [0, 0.1) is 5.41 Å². The molecule has 2 aliphatic heterocycles. The molecule has 2 aromatic carbocycles. The quantitative estimate of drug-likeness (QED) is 0.426. The number of anilines is 1. The molecule has 2 aromatic heterocycles. The van der Waals surface area contributed by atoms with Gasteiger partial charge in [-0.15, -0.1) is 0 Å². The first-order valence-corrected chi connectivity index (χ1v) is 12.3. The molecule has 8 heteroatoms. The maximum atomic E-state index is 13.3. The average Bonchev–Trinajstić information content (AvgIpc) is 3.40. The van der Waals surface area contributed by atoms with E-state index in [9.17, 15) is 4.79 Å². The molecule has 8 nitrogen and oxygen atoms in total. The zero-order chi connectivity index (χ0) is 23.6. The number of hydrogen-bond donors (Lipinski definition) is 3. The predicted molar refractivity (Wildman–Crippen MR) is 134 cm³/mol. The molecular weight excluding hydrogens is 440 g/mol. The molecule has 4 N–H and O–H groups in total. The number of aromatic nitrogens is 4. The highest BCUT2D eigenvalue weighted by molar-refractivity contribution is 5.80. The monoisotopic (exact) mass is 468 g/mol. The third-order valence-corrected chi connectivity index (χ3v) is 8.56. The molecule has 0 saturated carbocycles. The van der Waals surface area contributed by atoms with Gasteiger partial charge in [-0.2, -0.15) is 10.1 Å². The summed E-state index contributed by atoms with van der Waals surface area (Å²) in [6, 6.07) is 18.7. The fourth-order valence-electron chi connectivity index (χ4n) is 6.40. The molecular formula is C27H28N6O2.